The third-order valence-electron chi connectivity index (χ3n) is 4.87. The van der Waals surface area contributed by atoms with Gasteiger partial charge in [-0.15, -0.1) is 0 Å². The number of unbranched alkanes of at least 4 members (excludes halogenated alkanes) is 8. The van der Waals surface area contributed by atoms with Crippen LogP contribution in [-0.4, -0.2) is 94.2 Å². The molecule has 33 heavy (non-hydrogen) atoms. The van der Waals surface area contributed by atoms with E-state index in [0.29, 0.717) is 6.42 Å². The Hall–Kier alpha value is -2.53. The van der Waals surface area contributed by atoms with Gasteiger partial charge in [0.25, 0.3) is 0 Å². The maximum absolute atomic E-state index is 12.0. The van der Waals surface area contributed by atoms with Crippen LogP contribution in [0.3, 0.4) is 0 Å². The first-order valence-corrected chi connectivity index (χ1v) is 11.5. The molecule has 0 aromatic heterocycles. The Morgan fingerprint density at radius 1 is 0.576 bits per heavy atom. The highest BCUT2D eigenvalue weighted by molar-refractivity contribution is 5.86. The molecule has 0 aliphatic heterocycles. The Balaban J connectivity index is 4.32. The van der Waals surface area contributed by atoms with Gasteiger partial charge in [-0.05, 0) is 6.42 Å². The van der Waals surface area contributed by atoms with Crippen molar-refractivity contribution >= 4 is 29.8 Å². The van der Waals surface area contributed by atoms with Crippen molar-refractivity contribution in [3.8, 4) is 0 Å². The summed E-state index contributed by atoms with van der Waals surface area (Å²) < 4.78 is 4.76. The molecule has 0 aromatic carbocycles. The van der Waals surface area contributed by atoms with Crippen molar-refractivity contribution in [1.82, 2.24) is 9.80 Å². The lowest BCUT2D eigenvalue weighted by molar-refractivity contribution is -0.161. The fraction of sp³-hybridized carbons (Fsp3) is 0.773. The minimum Gasteiger partial charge on any atom is -0.480 e. The van der Waals surface area contributed by atoms with Gasteiger partial charge in [0.1, 0.15) is 0 Å². The quantitative estimate of drug-likeness (QED) is 0.126. The van der Waals surface area contributed by atoms with Crippen LogP contribution in [0, 0.1) is 0 Å². The second-order valence-corrected chi connectivity index (χ2v) is 8.03. The molecular weight excluding hydrogens is 436 g/mol. The van der Waals surface area contributed by atoms with Gasteiger partial charge in [-0.25, -0.2) is 0 Å². The summed E-state index contributed by atoms with van der Waals surface area (Å²) in [4.78, 5) is 58.9. The van der Waals surface area contributed by atoms with E-state index >= 15 is 0 Å². The molecule has 190 valence electrons. The number of hydrogen-bond donors (Lipinski definition) is 3. The number of carbonyl (C=O) groups excluding carboxylic acids is 2. The van der Waals surface area contributed by atoms with Crippen LogP contribution in [0.5, 0.6) is 0 Å². The first-order valence-electron chi connectivity index (χ1n) is 11.5. The molecule has 3 N–H and O–H groups in total. The largest absolute Gasteiger partial charge is 0.480 e. The highest BCUT2D eigenvalue weighted by atomic mass is 16.6. The predicted molar refractivity (Wildman–Crippen MR) is 119 cm³/mol. The molecule has 0 aliphatic carbocycles. The van der Waals surface area contributed by atoms with Gasteiger partial charge in [-0.3, -0.25) is 33.8 Å². The number of carbonyl (C=O) groups is 5. The molecule has 0 heterocycles. The number of carboxylic acid groups (broad SMARTS) is 3. The van der Waals surface area contributed by atoms with Gasteiger partial charge in [0, 0.05) is 19.5 Å². The summed E-state index contributed by atoms with van der Waals surface area (Å²) in [5.41, 5.74) is 0. The fourth-order valence-electron chi connectivity index (χ4n) is 3.26. The summed E-state index contributed by atoms with van der Waals surface area (Å²) in [7, 11) is 0. The minimum atomic E-state index is -1.23. The average Bonchev–Trinajstić information content (AvgIpc) is 2.69. The fourth-order valence-corrected chi connectivity index (χ4v) is 3.26. The molecule has 0 radical (unpaired) electrons. The summed E-state index contributed by atoms with van der Waals surface area (Å²) in [5.74, 6) is -5.27. The zero-order valence-electron chi connectivity index (χ0n) is 19.5. The molecule has 0 aromatic rings. The number of ether oxygens (including phenoxy) is 1. The summed E-state index contributed by atoms with van der Waals surface area (Å²) in [5, 5.41) is 26.7. The Morgan fingerprint density at radius 2 is 0.970 bits per heavy atom. The van der Waals surface area contributed by atoms with Crippen LogP contribution in [-0.2, 0) is 28.7 Å². The van der Waals surface area contributed by atoms with Crippen LogP contribution in [0.25, 0.3) is 0 Å². The summed E-state index contributed by atoms with van der Waals surface area (Å²) in [6.07, 6.45) is 9.83. The number of hydrogen-bond acceptors (Lipinski definition) is 8. The molecular formula is C22H38N2O9. The topological polar surface area (TPSA) is 162 Å². The van der Waals surface area contributed by atoms with Crippen molar-refractivity contribution in [2.75, 3.05) is 39.3 Å². The predicted octanol–water partition coefficient (Wildman–Crippen LogP) is 1.83. The van der Waals surface area contributed by atoms with Crippen molar-refractivity contribution in [1.29, 1.82) is 0 Å². The van der Waals surface area contributed by atoms with Crippen LogP contribution >= 0.6 is 0 Å². The number of esters is 2. The van der Waals surface area contributed by atoms with Crippen LogP contribution in [0.2, 0.25) is 0 Å². The molecule has 0 aliphatic rings. The van der Waals surface area contributed by atoms with Crippen LogP contribution in [0.15, 0.2) is 0 Å². The van der Waals surface area contributed by atoms with Gasteiger partial charge >= 0.3 is 29.8 Å². The van der Waals surface area contributed by atoms with Crippen molar-refractivity contribution < 1.29 is 44.0 Å². The highest BCUT2D eigenvalue weighted by Crippen LogP contribution is 2.10. The van der Waals surface area contributed by atoms with E-state index in [1.807, 2.05) is 0 Å². The third kappa shape index (κ3) is 19.9. The van der Waals surface area contributed by atoms with E-state index in [1.165, 1.54) is 32.1 Å². The molecule has 0 saturated carbocycles. The summed E-state index contributed by atoms with van der Waals surface area (Å²) >= 11 is 0. The average molecular weight is 475 g/mol. The summed E-state index contributed by atoms with van der Waals surface area (Å²) in [6.45, 7) is -0.130. The monoisotopic (exact) mass is 474 g/mol. The van der Waals surface area contributed by atoms with Gasteiger partial charge in [0.05, 0.1) is 26.2 Å². The highest BCUT2D eigenvalue weighted by Gasteiger charge is 2.20. The van der Waals surface area contributed by atoms with E-state index in [1.54, 1.807) is 0 Å². The van der Waals surface area contributed by atoms with E-state index in [4.69, 9.17) is 20.1 Å². The van der Waals surface area contributed by atoms with E-state index < -0.39 is 56.0 Å². The van der Waals surface area contributed by atoms with Crippen LogP contribution < -0.4 is 0 Å². The molecule has 0 bridgehead atoms. The van der Waals surface area contributed by atoms with Crippen LogP contribution in [0.1, 0.15) is 71.1 Å². The Bertz CT molecular complexity index is 609. The molecule has 0 rings (SSSR count). The molecule has 0 amide bonds. The molecule has 0 fully saturated rings. The first kappa shape index (κ1) is 30.5. The smallest absolute Gasteiger partial charge is 0.327 e. The minimum absolute atomic E-state index is 0.0889. The van der Waals surface area contributed by atoms with Gasteiger partial charge < -0.3 is 20.1 Å². The van der Waals surface area contributed by atoms with Crippen LogP contribution in [0.4, 0.5) is 0 Å². The zero-order chi connectivity index (χ0) is 25.1. The van der Waals surface area contributed by atoms with Gasteiger partial charge in [0.15, 0.2) is 0 Å². The van der Waals surface area contributed by atoms with Crippen molar-refractivity contribution in [3.63, 3.8) is 0 Å². The maximum atomic E-state index is 12.0. The number of rotatable bonds is 21. The Labute approximate surface area is 194 Å². The summed E-state index contributed by atoms with van der Waals surface area (Å²) in [6, 6.07) is 0. The van der Waals surface area contributed by atoms with Gasteiger partial charge in [0.2, 0.25) is 0 Å². The van der Waals surface area contributed by atoms with Gasteiger partial charge in [-0.1, -0.05) is 58.3 Å². The maximum Gasteiger partial charge on any atom is 0.327 e. The van der Waals surface area contributed by atoms with E-state index in [0.717, 1.165) is 29.1 Å². The van der Waals surface area contributed by atoms with E-state index in [9.17, 15) is 24.0 Å². The molecule has 0 saturated heterocycles. The number of carboxylic acids is 3. The normalized spacial score (nSPS) is 11.0. The second-order valence-electron chi connectivity index (χ2n) is 8.03. The second kappa shape index (κ2) is 19.0. The van der Waals surface area contributed by atoms with E-state index in [2.05, 4.69) is 6.92 Å². The Morgan fingerprint density at radius 3 is 1.39 bits per heavy atom. The molecule has 11 heteroatoms. The lowest BCUT2D eigenvalue weighted by atomic mass is 10.1. The first-order chi connectivity index (χ1) is 15.6. The standard InChI is InChI=1S/C22H38N2O9/c1-2-3-4-5-6-7-8-9-10-11-21(31)33-22(32)17-24(16-20(29)30)13-12-23(14-18(25)26)15-19(27)28/h2-17H2,1H3,(H,25,26)(H,27,28)(H,29,30). The molecule has 0 spiro atoms. The number of aliphatic carboxylic acids is 3. The lowest BCUT2D eigenvalue weighted by Crippen LogP contribution is -2.43. The zero-order valence-corrected chi connectivity index (χ0v) is 19.5. The molecule has 0 atom stereocenters. The van der Waals surface area contributed by atoms with E-state index in [-0.39, 0.29) is 19.5 Å². The van der Waals surface area contributed by atoms with Crippen molar-refractivity contribution in [2.24, 2.45) is 0 Å². The molecule has 11 nitrogen and oxygen atoms in total. The molecule has 0 unspecified atom stereocenters. The SMILES string of the molecule is CCCCCCCCCCCC(=O)OC(=O)CN(CCN(CC(=O)O)CC(=O)O)CC(=O)O. The Kier molecular flexibility index (Phi) is 17.5. The third-order valence-corrected chi connectivity index (χ3v) is 4.87. The lowest BCUT2D eigenvalue weighted by Gasteiger charge is -2.23. The van der Waals surface area contributed by atoms with Gasteiger partial charge in [-0.2, -0.15) is 0 Å². The number of nitrogens with zero attached hydrogens (tertiary/aromatic N) is 2. The van der Waals surface area contributed by atoms with Crippen molar-refractivity contribution in [2.45, 2.75) is 71.1 Å². The van der Waals surface area contributed by atoms with Crippen molar-refractivity contribution in [3.05, 3.63) is 0 Å².